The molecule has 0 spiro atoms. The maximum absolute atomic E-state index is 11.9. The standard InChI is InChI=1S/C10H13NO3/c1-7-2-3-8(14-7)9(12)10(4-11)5-13-6-10/h2-3H,4-6,11H2,1H3. The summed E-state index contributed by atoms with van der Waals surface area (Å²) in [7, 11) is 0. The van der Waals surface area contributed by atoms with Gasteiger partial charge in [-0.3, -0.25) is 4.79 Å². The van der Waals surface area contributed by atoms with Crippen LogP contribution < -0.4 is 5.73 Å². The van der Waals surface area contributed by atoms with E-state index in [1.807, 2.05) is 6.92 Å². The van der Waals surface area contributed by atoms with Gasteiger partial charge in [0.1, 0.15) is 5.76 Å². The first-order chi connectivity index (χ1) is 6.68. The predicted octanol–water partition coefficient (Wildman–Crippen LogP) is 0.746. The number of ketones is 1. The van der Waals surface area contributed by atoms with Crippen LogP contribution in [0.4, 0.5) is 0 Å². The molecule has 2 rings (SSSR count). The number of hydrogen-bond acceptors (Lipinski definition) is 4. The van der Waals surface area contributed by atoms with Crippen molar-refractivity contribution in [3.63, 3.8) is 0 Å². The average molecular weight is 195 g/mol. The topological polar surface area (TPSA) is 65.5 Å². The molecule has 0 aromatic carbocycles. The highest BCUT2D eigenvalue weighted by atomic mass is 16.5. The molecule has 4 heteroatoms. The fourth-order valence-electron chi connectivity index (χ4n) is 1.51. The fourth-order valence-corrected chi connectivity index (χ4v) is 1.51. The van der Waals surface area contributed by atoms with Gasteiger partial charge in [-0.05, 0) is 19.1 Å². The van der Waals surface area contributed by atoms with E-state index < -0.39 is 5.41 Å². The average Bonchev–Trinajstić information content (AvgIpc) is 2.50. The van der Waals surface area contributed by atoms with Gasteiger partial charge in [0.25, 0.3) is 0 Å². The number of rotatable bonds is 3. The van der Waals surface area contributed by atoms with E-state index in [4.69, 9.17) is 14.9 Å². The summed E-state index contributed by atoms with van der Waals surface area (Å²) < 4.78 is 10.3. The van der Waals surface area contributed by atoms with Crippen LogP contribution in [0.1, 0.15) is 16.3 Å². The van der Waals surface area contributed by atoms with Crippen molar-refractivity contribution in [1.82, 2.24) is 0 Å². The van der Waals surface area contributed by atoms with E-state index in [0.717, 1.165) is 5.76 Å². The van der Waals surface area contributed by atoms with E-state index in [9.17, 15) is 4.79 Å². The summed E-state index contributed by atoms with van der Waals surface area (Å²) in [6.07, 6.45) is 0. The Morgan fingerprint density at radius 3 is 2.64 bits per heavy atom. The number of carbonyl (C=O) groups is 1. The van der Waals surface area contributed by atoms with Crippen molar-refractivity contribution in [2.45, 2.75) is 6.92 Å². The lowest BCUT2D eigenvalue weighted by Gasteiger charge is -2.38. The van der Waals surface area contributed by atoms with Gasteiger partial charge in [-0.25, -0.2) is 0 Å². The van der Waals surface area contributed by atoms with Gasteiger partial charge in [-0.15, -0.1) is 0 Å². The fraction of sp³-hybridized carbons (Fsp3) is 0.500. The zero-order valence-corrected chi connectivity index (χ0v) is 8.08. The highest BCUT2D eigenvalue weighted by molar-refractivity contribution is 5.99. The molecule has 1 aromatic rings. The molecular formula is C10H13NO3. The lowest BCUT2D eigenvalue weighted by Crippen LogP contribution is -2.53. The molecule has 1 fully saturated rings. The van der Waals surface area contributed by atoms with Gasteiger partial charge >= 0.3 is 0 Å². The summed E-state index contributed by atoms with van der Waals surface area (Å²) >= 11 is 0. The Balaban J connectivity index is 2.23. The summed E-state index contributed by atoms with van der Waals surface area (Å²) in [5.41, 5.74) is 5.03. The third kappa shape index (κ3) is 1.27. The van der Waals surface area contributed by atoms with Crippen molar-refractivity contribution < 1.29 is 13.9 Å². The van der Waals surface area contributed by atoms with Crippen LogP contribution >= 0.6 is 0 Å². The minimum absolute atomic E-state index is 0.0423. The van der Waals surface area contributed by atoms with Gasteiger partial charge < -0.3 is 14.9 Å². The van der Waals surface area contributed by atoms with Crippen LogP contribution in [0.5, 0.6) is 0 Å². The molecular weight excluding hydrogens is 182 g/mol. The third-order valence-corrected chi connectivity index (χ3v) is 2.59. The van der Waals surface area contributed by atoms with Gasteiger partial charge in [0.2, 0.25) is 5.78 Å². The van der Waals surface area contributed by atoms with E-state index in [1.54, 1.807) is 12.1 Å². The Labute approximate surface area is 82.0 Å². The molecule has 0 radical (unpaired) electrons. The van der Waals surface area contributed by atoms with Crippen molar-refractivity contribution in [2.24, 2.45) is 11.1 Å². The normalized spacial score (nSPS) is 19.0. The summed E-state index contributed by atoms with van der Waals surface area (Å²) in [6.45, 7) is 2.93. The van der Waals surface area contributed by atoms with Crippen molar-refractivity contribution in [3.05, 3.63) is 23.7 Å². The van der Waals surface area contributed by atoms with Crippen molar-refractivity contribution in [2.75, 3.05) is 19.8 Å². The smallest absolute Gasteiger partial charge is 0.210 e. The molecule has 0 atom stereocenters. The molecule has 0 saturated carbocycles. The van der Waals surface area contributed by atoms with Crippen LogP contribution in [0.3, 0.4) is 0 Å². The Morgan fingerprint density at radius 1 is 1.57 bits per heavy atom. The predicted molar refractivity (Wildman–Crippen MR) is 50.1 cm³/mol. The summed E-state index contributed by atoms with van der Waals surface area (Å²) in [6, 6.07) is 3.46. The summed E-state index contributed by atoms with van der Waals surface area (Å²) in [4.78, 5) is 11.9. The second-order valence-electron chi connectivity index (χ2n) is 3.72. The molecule has 0 amide bonds. The van der Waals surface area contributed by atoms with Crippen LogP contribution in [-0.4, -0.2) is 25.5 Å². The van der Waals surface area contributed by atoms with Crippen molar-refractivity contribution in [1.29, 1.82) is 0 Å². The molecule has 4 nitrogen and oxygen atoms in total. The number of furan rings is 1. The molecule has 1 aliphatic heterocycles. The SMILES string of the molecule is Cc1ccc(C(=O)C2(CN)COC2)o1. The van der Waals surface area contributed by atoms with E-state index in [0.29, 0.717) is 25.5 Å². The molecule has 2 N–H and O–H groups in total. The zero-order chi connectivity index (χ0) is 10.2. The summed E-state index contributed by atoms with van der Waals surface area (Å²) in [5, 5.41) is 0. The zero-order valence-electron chi connectivity index (χ0n) is 8.08. The van der Waals surface area contributed by atoms with Gasteiger partial charge in [0.15, 0.2) is 5.76 Å². The second kappa shape index (κ2) is 3.22. The first kappa shape index (κ1) is 9.43. The monoisotopic (exact) mass is 195 g/mol. The van der Waals surface area contributed by atoms with Crippen molar-refractivity contribution in [3.8, 4) is 0 Å². The molecule has 2 heterocycles. The van der Waals surface area contributed by atoms with Gasteiger partial charge in [-0.1, -0.05) is 0 Å². The number of hydrogen-bond donors (Lipinski definition) is 1. The van der Waals surface area contributed by atoms with E-state index in [2.05, 4.69) is 0 Å². The quantitative estimate of drug-likeness (QED) is 0.722. The molecule has 0 aliphatic carbocycles. The van der Waals surface area contributed by atoms with Crippen LogP contribution in [0.15, 0.2) is 16.5 Å². The Morgan fingerprint density at radius 2 is 2.29 bits per heavy atom. The number of nitrogens with two attached hydrogens (primary N) is 1. The number of carbonyl (C=O) groups excluding carboxylic acids is 1. The number of ether oxygens (including phenoxy) is 1. The Bertz CT molecular complexity index is 346. The first-order valence-electron chi connectivity index (χ1n) is 4.57. The third-order valence-electron chi connectivity index (χ3n) is 2.59. The van der Waals surface area contributed by atoms with Gasteiger partial charge in [0, 0.05) is 6.54 Å². The minimum atomic E-state index is -0.537. The molecule has 14 heavy (non-hydrogen) atoms. The minimum Gasteiger partial charge on any atom is -0.458 e. The first-order valence-corrected chi connectivity index (χ1v) is 4.57. The molecule has 0 unspecified atom stereocenters. The summed E-state index contributed by atoms with van der Waals surface area (Å²) in [5.74, 6) is 1.08. The van der Waals surface area contributed by atoms with Crippen LogP contribution in [0.2, 0.25) is 0 Å². The second-order valence-corrected chi connectivity index (χ2v) is 3.72. The molecule has 0 bridgehead atoms. The van der Waals surface area contributed by atoms with Crippen molar-refractivity contribution >= 4 is 5.78 Å². The molecule has 1 aromatic heterocycles. The van der Waals surface area contributed by atoms with E-state index >= 15 is 0 Å². The Kier molecular flexibility index (Phi) is 2.17. The van der Waals surface area contributed by atoms with Gasteiger partial charge in [0.05, 0.1) is 18.6 Å². The Hall–Kier alpha value is -1.13. The van der Waals surface area contributed by atoms with Crippen LogP contribution in [0.25, 0.3) is 0 Å². The van der Waals surface area contributed by atoms with Gasteiger partial charge in [-0.2, -0.15) is 0 Å². The van der Waals surface area contributed by atoms with Crippen LogP contribution in [0, 0.1) is 12.3 Å². The van der Waals surface area contributed by atoms with E-state index in [1.165, 1.54) is 0 Å². The highest BCUT2D eigenvalue weighted by Gasteiger charge is 2.46. The largest absolute Gasteiger partial charge is 0.458 e. The van der Waals surface area contributed by atoms with E-state index in [-0.39, 0.29) is 5.78 Å². The highest BCUT2D eigenvalue weighted by Crippen LogP contribution is 2.30. The molecule has 76 valence electrons. The number of Topliss-reactive ketones (excluding diaryl/α,β-unsaturated/α-hetero) is 1. The lowest BCUT2D eigenvalue weighted by molar-refractivity contribution is -0.0826. The maximum atomic E-state index is 11.9. The molecule has 1 aliphatic rings. The maximum Gasteiger partial charge on any atom is 0.210 e. The molecule has 1 saturated heterocycles. The van der Waals surface area contributed by atoms with Crippen LogP contribution in [-0.2, 0) is 4.74 Å². The number of aryl methyl sites for hydroxylation is 1. The lowest BCUT2D eigenvalue weighted by atomic mass is 9.80.